The fourth-order valence-corrected chi connectivity index (χ4v) is 3.18. The van der Waals surface area contributed by atoms with Crippen LogP contribution in [0.3, 0.4) is 0 Å². The Bertz CT molecular complexity index is 739. The van der Waals surface area contributed by atoms with Gasteiger partial charge in [-0.25, -0.2) is 13.1 Å². The zero-order chi connectivity index (χ0) is 16.2. The lowest BCUT2D eigenvalue weighted by Crippen LogP contribution is -2.49. The number of carbonyl (C=O) groups excluding carboxylic acids is 1. The van der Waals surface area contributed by atoms with Gasteiger partial charge in [-0.2, -0.15) is 0 Å². The van der Waals surface area contributed by atoms with Crippen molar-refractivity contribution in [2.24, 2.45) is 0 Å². The van der Waals surface area contributed by atoms with Gasteiger partial charge in [-0.15, -0.1) is 0 Å². The summed E-state index contributed by atoms with van der Waals surface area (Å²) in [6.07, 6.45) is 0.0221. The van der Waals surface area contributed by atoms with Crippen molar-refractivity contribution in [3.63, 3.8) is 0 Å². The van der Waals surface area contributed by atoms with Crippen molar-refractivity contribution in [1.82, 2.24) is 4.72 Å². The van der Waals surface area contributed by atoms with Crippen LogP contribution < -0.4 is 9.83 Å². The number of aliphatic carboxylic acids is 1. The molecule has 2 aromatic rings. The van der Waals surface area contributed by atoms with Gasteiger partial charge < -0.3 is 9.90 Å². The molecule has 0 fully saturated rings. The normalized spacial score (nSPS) is 12.8. The van der Waals surface area contributed by atoms with E-state index >= 15 is 0 Å². The molecule has 0 heterocycles. The minimum Gasteiger partial charge on any atom is -0.548 e. The van der Waals surface area contributed by atoms with Crippen molar-refractivity contribution in [2.45, 2.75) is 24.3 Å². The van der Waals surface area contributed by atoms with Crippen LogP contribution in [0.5, 0.6) is 0 Å². The molecule has 0 spiro atoms. The summed E-state index contributed by atoms with van der Waals surface area (Å²) in [5, 5.41) is 11.2. The molecule has 22 heavy (non-hydrogen) atoms. The SMILES string of the molecule is Cc1ccc(S(=O)(=O)N[C@@H](Cc2ccccc2)C(=O)[O-])cc1. The Labute approximate surface area is 129 Å². The molecule has 0 unspecified atom stereocenters. The van der Waals surface area contributed by atoms with Crippen molar-refractivity contribution in [3.8, 4) is 0 Å². The second-order valence-electron chi connectivity index (χ2n) is 5.00. The Hall–Kier alpha value is -2.18. The molecule has 1 atom stereocenters. The summed E-state index contributed by atoms with van der Waals surface area (Å²) in [4.78, 5) is 11.3. The number of aryl methyl sites for hydroxylation is 1. The lowest BCUT2D eigenvalue weighted by atomic mass is 10.1. The highest BCUT2D eigenvalue weighted by Crippen LogP contribution is 2.12. The van der Waals surface area contributed by atoms with Crippen LogP contribution in [-0.2, 0) is 21.2 Å². The first-order chi connectivity index (χ1) is 10.4. The number of benzene rings is 2. The summed E-state index contributed by atoms with van der Waals surface area (Å²) in [6.45, 7) is 1.84. The smallest absolute Gasteiger partial charge is 0.241 e. The second kappa shape index (κ2) is 6.72. The number of hydrogen-bond donors (Lipinski definition) is 1. The summed E-state index contributed by atoms with van der Waals surface area (Å²) in [7, 11) is -3.91. The average molecular weight is 318 g/mol. The van der Waals surface area contributed by atoms with Crippen molar-refractivity contribution in [1.29, 1.82) is 0 Å². The van der Waals surface area contributed by atoms with Crippen LogP contribution in [0.2, 0.25) is 0 Å². The predicted octanol–water partition coefficient (Wildman–Crippen LogP) is 0.635. The second-order valence-corrected chi connectivity index (χ2v) is 6.71. The van der Waals surface area contributed by atoms with E-state index in [4.69, 9.17) is 0 Å². The zero-order valence-electron chi connectivity index (χ0n) is 12.0. The lowest BCUT2D eigenvalue weighted by Gasteiger charge is -2.20. The van der Waals surface area contributed by atoms with Crippen LogP contribution >= 0.6 is 0 Å². The zero-order valence-corrected chi connectivity index (χ0v) is 12.8. The van der Waals surface area contributed by atoms with E-state index in [-0.39, 0.29) is 11.3 Å². The van der Waals surface area contributed by atoms with Crippen LogP contribution in [0.15, 0.2) is 59.5 Å². The first-order valence-electron chi connectivity index (χ1n) is 6.72. The van der Waals surface area contributed by atoms with E-state index in [9.17, 15) is 18.3 Å². The molecule has 0 radical (unpaired) electrons. The van der Waals surface area contributed by atoms with E-state index in [2.05, 4.69) is 4.72 Å². The van der Waals surface area contributed by atoms with Gasteiger partial charge >= 0.3 is 0 Å². The van der Waals surface area contributed by atoms with Gasteiger partial charge in [0, 0.05) is 0 Å². The summed E-state index contributed by atoms with van der Waals surface area (Å²) in [5.41, 5.74) is 1.63. The molecule has 1 N–H and O–H groups in total. The maximum atomic E-state index is 12.2. The van der Waals surface area contributed by atoms with Gasteiger partial charge in [0.1, 0.15) is 0 Å². The number of hydrogen-bond acceptors (Lipinski definition) is 4. The number of carboxylic acids is 1. The summed E-state index contributed by atoms with van der Waals surface area (Å²) >= 11 is 0. The molecular weight excluding hydrogens is 302 g/mol. The molecule has 6 heteroatoms. The Morgan fingerprint density at radius 1 is 1.09 bits per heavy atom. The van der Waals surface area contributed by atoms with Crippen LogP contribution in [0.25, 0.3) is 0 Å². The first kappa shape index (κ1) is 16.2. The van der Waals surface area contributed by atoms with E-state index in [0.29, 0.717) is 5.56 Å². The average Bonchev–Trinajstić information content (AvgIpc) is 2.48. The standard InChI is InChI=1S/C16H17NO4S/c1-12-7-9-14(10-8-12)22(20,21)17-15(16(18)19)11-13-5-3-2-4-6-13/h2-10,15,17H,11H2,1H3,(H,18,19)/p-1/t15-/m0/s1. The quantitative estimate of drug-likeness (QED) is 0.846. The molecule has 2 rings (SSSR count). The van der Waals surface area contributed by atoms with E-state index in [1.807, 2.05) is 6.92 Å². The van der Waals surface area contributed by atoms with Gasteiger partial charge in [-0.1, -0.05) is 48.0 Å². The van der Waals surface area contributed by atoms with Crippen LogP contribution in [0.4, 0.5) is 0 Å². The molecule has 0 amide bonds. The molecule has 0 saturated carbocycles. The van der Waals surface area contributed by atoms with E-state index < -0.39 is 22.0 Å². The number of rotatable bonds is 6. The third kappa shape index (κ3) is 4.16. The Kier molecular flexibility index (Phi) is 4.95. The molecule has 0 aromatic heterocycles. The van der Waals surface area contributed by atoms with E-state index in [1.54, 1.807) is 42.5 Å². The summed E-state index contributed by atoms with van der Waals surface area (Å²) in [5.74, 6) is -1.46. The van der Waals surface area contributed by atoms with Crippen molar-refractivity contribution in [2.75, 3.05) is 0 Å². The Morgan fingerprint density at radius 2 is 1.68 bits per heavy atom. The fourth-order valence-electron chi connectivity index (χ4n) is 2.00. The highest BCUT2D eigenvalue weighted by Gasteiger charge is 2.21. The van der Waals surface area contributed by atoms with Gasteiger partial charge in [0.15, 0.2) is 0 Å². The molecule has 0 saturated heterocycles. The Morgan fingerprint density at radius 3 is 2.23 bits per heavy atom. The first-order valence-corrected chi connectivity index (χ1v) is 8.20. The molecule has 116 valence electrons. The molecule has 0 aliphatic heterocycles. The highest BCUT2D eigenvalue weighted by molar-refractivity contribution is 7.89. The molecule has 0 bridgehead atoms. The fraction of sp³-hybridized carbons (Fsp3) is 0.188. The van der Waals surface area contributed by atoms with Gasteiger partial charge in [-0.05, 0) is 31.0 Å². The third-order valence-corrected chi connectivity index (χ3v) is 4.68. The summed E-state index contributed by atoms with van der Waals surface area (Å²) in [6, 6.07) is 13.6. The topological polar surface area (TPSA) is 86.3 Å². The van der Waals surface area contributed by atoms with Crippen LogP contribution in [0.1, 0.15) is 11.1 Å². The van der Waals surface area contributed by atoms with Gasteiger partial charge in [0.05, 0.1) is 16.9 Å². The molecule has 0 aliphatic rings. The van der Waals surface area contributed by atoms with Gasteiger partial charge in [0.2, 0.25) is 10.0 Å². The maximum absolute atomic E-state index is 12.2. The third-order valence-electron chi connectivity index (χ3n) is 3.20. The number of carboxylic acid groups (broad SMARTS) is 1. The molecule has 2 aromatic carbocycles. The molecule has 5 nitrogen and oxygen atoms in total. The largest absolute Gasteiger partial charge is 0.548 e. The Balaban J connectivity index is 2.20. The minimum atomic E-state index is -3.91. The van der Waals surface area contributed by atoms with Crippen molar-refractivity contribution >= 4 is 16.0 Å². The highest BCUT2D eigenvalue weighted by atomic mass is 32.2. The number of sulfonamides is 1. The minimum absolute atomic E-state index is 0.0221. The molecule has 0 aliphatic carbocycles. The number of carbonyl (C=O) groups is 1. The molecular formula is C16H16NO4S-. The van der Waals surface area contributed by atoms with Gasteiger partial charge in [0.25, 0.3) is 0 Å². The van der Waals surface area contributed by atoms with E-state index in [0.717, 1.165) is 5.56 Å². The van der Waals surface area contributed by atoms with Crippen LogP contribution in [-0.4, -0.2) is 20.4 Å². The van der Waals surface area contributed by atoms with Crippen molar-refractivity contribution in [3.05, 3.63) is 65.7 Å². The monoisotopic (exact) mass is 318 g/mol. The number of nitrogens with one attached hydrogen (secondary N) is 1. The maximum Gasteiger partial charge on any atom is 0.241 e. The van der Waals surface area contributed by atoms with Crippen molar-refractivity contribution < 1.29 is 18.3 Å². The lowest BCUT2D eigenvalue weighted by molar-refractivity contribution is -0.307. The summed E-state index contributed by atoms with van der Waals surface area (Å²) < 4.78 is 26.7. The predicted molar refractivity (Wildman–Crippen MR) is 80.4 cm³/mol. The van der Waals surface area contributed by atoms with E-state index in [1.165, 1.54) is 12.1 Å². The van der Waals surface area contributed by atoms with Gasteiger partial charge in [-0.3, -0.25) is 0 Å². The van der Waals surface area contributed by atoms with Crippen LogP contribution in [0, 0.1) is 6.92 Å².